The van der Waals surface area contributed by atoms with E-state index in [0.717, 1.165) is 34.4 Å². The minimum Gasteiger partial charge on any atom is -0.444 e. The zero-order valence-corrected chi connectivity index (χ0v) is 17.6. The highest BCUT2D eigenvalue weighted by molar-refractivity contribution is 7.17. The molecule has 3 aromatic heterocycles. The van der Waals surface area contributed by atoms with E-state index in [1.807, 2.05) is 6.20 Å². The van der Waals surface area contributed by atoms with Crippen LogP contribution in [0.3, 0.4) is 0 Å². The summed E-state index contributed by atoms with van der Waals surface area (Å²) in [6, 6.07) is 3.37. The van der Waals surface area contributed by atoms with Gasteiger partial charge in [0.15, 0.2) is 5.06 Å². The van der Waals surface area contributed by atoms with Gasteiger partial charge in [0.05, 0.1) is 34.7 Å². The highest BCUT2D eigenvalue weighted by atomic mass is 32.1. The van der Waals surface area contributed by atoms with Crippen molar-refractivity contribution in [2.24, 2.45) is 5.73 Å². The fraction of sp³-hybridized carbons (Fsp3) is 0.300. The second-order valence-electron chi connectivity index (χ2n) is 7.00. The molecule has 1 fully saturated rings. The van der Waals surface area contributed by atoms with Crippen LogP contribution in [0, 0.1) is 0 Å². The number of morpholine rings is 1. The molecule has 1 saturated heterocycles. The summed E-state index contributed by atoms with van der Waals surface area (Å²) in [6.07, 6.45) is 4.95. The molecule has 1 aliphatic carbocycles. The van der Waals surface area contributed by atoms with Crippen molar-refractivity contribution in [2.75, 3.05) is 26.3 Å². The van der Waals surface area contributed by atoms with Crippen molar-refractivity contribution in [3.05, 3.63) is 46.2 Å². The molecule has 30 heavy (non-hydrogen) atoms. The van der Waals surface area contributed by atoms with Crippen molar-refractivity contribution in [3.8, 4) is 21.3 Å². The molecular weight excluding hydrogens is 424 g/mol. The molecule has 2 N–H and O–H groups in total. The Morgan fingerprint density at radius 1 is 1.17 bits per heavy atom. The lowest BCUT2D eigenvalue weighted by Crippen LogP contribution is -2.41. The topological polar surface area (TPSA) is 108 Å². The Hall–Kier alpha value is -2.82. The van der Waals surface area contributed by atoms with Crippen LogP contribution in [0.1, 0.15) is 31.3 Å². The van der Waals surface area contributed by atoms with Crippen molar-refractivity contribution >= 4 is 34.7 Å². The van der Waals surface area contributed by atoms with Gasteiger partial charge in [0.25, 0.3) is 11.8 Å². The van der Waals surface area contributed by atoms with Gasteiger partial charge in [-0.3, -0.25) is 9.59 Å². The number of aryl methyl sites for hydroxylation is 1. The number of thiophene rings is 1. The summed E-state index contributed by atoms with van der Waals surface area (Å²) >= 11 is 2.63. The average molecular weight is 443 g/mol. The number of pyridine rings is 1. The zero-order valence-electron chi connectivity index (χ0n) is 15.9. The minimum absolute atomic E-state index is 0.122. The lowest BCUT2D eigenvalue weighted by Gasteiger charge is -2.26. The molecule has 0 aromatic carbocycles. The van der Waals surface area contributed by atoms with Gasteiger partial charge in [-0.25, -0.2) is 9.36 Å². The van der Waals surface area contributed by atoms with Gasteiger partial charge in [-0.1, -0.05) is 11.3 Å². The number of hydrogen-bond acceptors (Lipinski definition) is 8. The predicted molar refractivity (Wildman–Crippen MR) is 112 cm³/mol. The summed E-state index contributed by atoms with van der Waals surface area (Å²) in [5, 5.41) is 0.595. The SMILES string of the molecule is NC(=O)c1sc(Oc2ccc(C(=O)N3CCOCC3)nc2)c2c1CCc1cnsc1-2. The zero-order chi connectivity index (χ0) is 20.7. The van der Waals surface area contributed by atoms with E-state index in [2.05, 4.69) is 9.36 Å². The van der Waals surface area contributed by atoms with E-state index in [1.54, 1.807) is 17.0 Å². The van der Waals surface area contributed by atoms with E-state index in [1.165, 1.54) is 29.1 Å². The van der Waals surface area contributed by atoms with Gasteiger partial charge in [0.2, 0.25) is 0 Å². The maximum absolute atomic E-state index is 12.6. The van der Waals surface area contributed by atoms with Crippen molar-refractivity contribution < 1.29 is 19.1 Å². The molecule has 3 aromatic rings. The maximum atomic E-state index is 12.6. The Kier molecular flexibility index (Phi) is 4.97. The first-order valence-corrected chi connectivity index (χ1v) is 11.1. The molecule has 0 atom stereocenters. The number of fused-ring (bicyclic) bond motifs is 3. The standard InChI is InChI=1S/C20H18N4O4S2/c21-18(25)17-13-3-1-11-9-23-30-16(11)15(13)20(29-17)28-12-2-4-14(22-10-12)19(26)24-5-7-27-8-6-24/h2,4,9-10H,1,3,5-8H2,(H2,21,25). The van der Waals surface area contributed by atoms with E-state index < -0.39 is 5.91 Å². The Balaban J connectivity index is 1.43. The van der Waals surface area contributed by atoms with Crippen LogP contribution in [-0.4, -0.2) is 52.4 Å². The van der Waals surface area contributed by atoms with E-state index in [0.29, 0.717) is 47.7 Å². The number of carbonyl (C=O) groups excluding carboxylic acids is 2. The molecule has 2 amide bonds. The van der Waals surface area contributed by atoms with E-state index in [4.69, 9.17) is 15.2 Å². The normalized spacial score (nSPS) is 15.4. The van der Waals surface area contributed by atoms with Gasteiger partial charge in [0, 0.05) is 19.3 Å². The third-order valence-corrected chi connectivity index (χ3v) is 7.16. The van der Waals surface area contributed by atoms with Gasteiger partial charge < -0.3 is 20.1 Å². The van der Waals surface area contributed by atoms with Crippen molar-refractivity contribution in [1.82, 2.24) is 14.3 Å². The third kappa shape index (κ3) is 3.36. The second-order valence-corrected chi connectivity index (χ2v) is 8.79. The molecule has 8 nitrogen and oxygen atoms in total. The first-order chi connectivity index (χ1) is 14.6. The summed E-state index contributed by atoms with van der Waals surface area (Å²) in [7, 11) is 0. The molecule has 0 saturated carbocycles. The van der Waals surface area contributed by atoms with Crippen LogP contribution in [0.25, 0.3) is 10.4 Å². The fourth-order valence-electron chi connectivity index (χ4n) is 3.69. The van der Waals surface area contributed by atoms with E-state index in [9.17, 15) is 9.59 Å². The number of hydrogen-bond donors (Lipinski definition) is 1. The number of carbonyl (C=O) groups is 2. The van der Waals surface area contributed by atoms with Crippen LogP contribution in [0.4, 0.5) is 0 Å². The third-order valence-electron chi connectivity index (χ3n) is 5.18. The van der Waals surface area contributed by atoms with Gasteiger partial charge in [-0.2, -0.15) is 0 Å². The van der Waals surface area contributed by atoms with Crippen LogP contribution in [0.15, 0.2) is 24.5 Å². The fourth-order valence-corrected chi connectivity index (χ4v) is 5.70. The van der Waals surface area contributed by atoms with Crippen LogP contribution in [-0.2, 0) is 17.6 Å². The van der Waals surface area contributed by atoms with Crippen LogP contribution >= 0.6 is 22.9 Å². The number of ether oxygens (including phenoxy) is 2. The second kappa shape index (κ2) is 7.78. The lowest BCUT2D eigenvalue weighted by molar-refractivity contribution is 0.0299. The molecule has 10 heteroatoms. The van der Waals surface area contributed by atoms with Gasteiger partial charge in [-0.15, -0.1) is 0 Å². The lowest BCUT2D eigenvalue weighted by atomic mass is 9.93. The quantitative estimate of drug-likeness (QED) is 0.666. The number of nitrogens with zero attached hydrogens (tertiary/aromatic N) is 3. The van der Waals surface area contributed by atoms with Crippen LogP contribution < -0.4 is 10.5 Å². The molecule has 1 aliphatic heterocycles. The largest absolute Gasteiger partial charge is 0.444 e. The van der Waals surface area contributed by atoms with Crippen molar-refractivity contribution in [1.29, 1.82) is 0 Å². The summed E-state index contributed by atoms with van der Waals surface area (Å²) in [5.74, 6) is -0.0856. The summed E-state index contributed by atoms with van der Waals surface area (Å²) < 4.78 is 15.7. The van der Waals surface area contributed by atoms with Gasteiger partial charge in [-0.05, 0) is 47.6 Å². The highest BCUT2D eigenvalue weighted by Gasteiger charge is 2.30. The van der Waals surface area contributed by atoms with Crippen LogP contribution in [0.2, 0.25) is 0 Å². The number of aromatic nitrogens is 2. The van der Waals surface area contributed by atoms with Gasteiger partial charge in [0.1, 0.15) is 11.4 Å². The average Bonchev–Trinajstić information content (AvgIpc) is 3.39. The molecule has 5 rings (SSSR count). The Bertz CT molecular complexity index is 1120. The molecular formula is C20H18N4O4S2. The molecule has 0 unspecified atom stereocenters. The molecule has 2 aliphatic rings. The highest BCUT2D eigenvalue weighted by Crippen LogP contribution is 2.49. The van der Waals surface area contributed by atoms with Gasteiger partial charge >= 0.3 is 0 Å². The Morgan fingerprint density at radius 2 is 2.00 bits per heavy atom. The number of amides is 2. The molecule has 0 bridgehead atoms. The summed E-state index contributed by atoms with van der Waals surface area (Å²) in [6.45, 7) is 2.21. The van der Waals surface area contributed by atoms with Crippen molar-refractivity contribution in [3.63, 3.8) is 0 Å². The van der Waals surface area contributed by atoms with E-state index in [-0.39, 0.29) is 5.91 Å². The molecule has 4 heterocycles. The van der Waals surface area contributed by atoms with Crippen LogP contribution in [0.5, 0.6) is 10.8 Å². The molecule has 0 radical (unpaired) electrons. The van der Waals surface area contributed by atoms with E-state index >= 15 is 0 Å². The Labute approximate surface area is 180 Å². The smallest absolute Gasteiger partial charge is 0.272 e. The predicted octanol–water partition coefficient (Wildman–Crippen LogP) is 2.73. The number of primary amides is 1. The summed E-state index contributed by atoms with van der Waals surface area (Å²) in [4.78, 5) is 32.1. The number of nitrogens with two attached hydrogens (primary N) is 1. The van der Waals surface area contributed by atoms with Crippen molar-refractivity contribution in [2.45, 2.75) is 12.8 Å². The molecule has 154 valence electrons. The number of rotatable bonds is 4. The molecule has 0 spiro atoms. The first kappa shape index (κ1) is 19.2. The monoisotopic (exact) mass is 442 g/mol. The Morgan fingerprint density at radius 3 is 2.73 bits per heavy atom. The summed E-state index contributed by atoms with van der Waals surface area (Å²) in [5.41, 5.74) is 8.93. The maximum Gasteiger partial charge on any atom is 0.272 e. The first-order valence-electron chi connectivity index (χ1n) is 9.52. The minimum atomic E-state index is -0.455.